The average molecular weight is 186 g/mol. The van der Waals surface area contributed by atoms with E-state index in [4.69, 9.17) is 4.74 Å². The Kier molecular flexibility index (Phi) is 4.18. The van der Waals surface area contributed by atoms with Gasteiger partial charge in [-0.3, -0.25) is 4.79 Å². The number of rotatable bonds is 3. The molecule has 1 amide bonds. The van der Waals surface area contributed by atoms with Crippen LogP contribution in [-0.4, -0.2) is 50.2 Å². The molecule has 0 saturated carbocycles. The van der Waals surface area contributed by atoms with Crippen LogP contribution in [0.1, 0.15) is 13.3 Å². The first kappa shape index (κ1) is 10.5. The van der Waals surface area contributed by atoms with Crippen LogP contribution in [-0.2, 0) is 9.53 Å². The van der Waals surface area contributed by atoms with Crippen LogP contribution < -0.4 is 5.32 Å². The van der Waals surface area contributed by atoms with Gasteiger partial charge in [-0.05, 0) is 6.92 Å². The molecule has 0 bridgehead atoms. The highest BCUT2D eigenvalue weighted by molar-refractivity contribution is 5.76. The molecule has 4 nitrogen and oxygen atoms in total. The smallest absolute Gasteiger partial charge is 0.224 e. The van der Waals surface area contributed by atoms with Crippen LogP contribution in [0.15, 0.2) is 0 Å². The average Bonchev–Trinajstić information content (AvgIpc) is 2.18. The molecule has 13 heavy (non-hydrogen) atoms. The Hall–Kier alpha value is -0.610. The second kappa shape index (κ2) is 5.19. The first-order chi connectivity index (χ1) is 6.24. The van der Waals surface area contributed by atoms with E-state index in [9.17, 15) is 4.79 Å². The Bertz CT molecular complexity index is 167. The number of carbonyl (C=O) groups is 1. The first-order valence-corrected chi connectivity index (χ1v) is 4.80. The summed E-state index contributed by atoms with van der Waals surface area (Å²) in [4.78, 5) is 13.2. The number of amides is 1. The molecular formula is C9H18N2O2. The lowest BCUT2D eigenvalue weighted by atomic mass is 10.2. The molecule has 0 spiro atoms. The van der Waals surface area contributed by atoms with Gasteiger partial charge in [0.2, 0.25) is 5.91 Å². The van der Waals surface area contributed by atoms with Crippen molar-refractivity contribution in [3.63, 3.8) is 0 Å². The van der Waals surface area contributed by atoms with Crippen LogP contribution in [0.5, 0.6) is 0 Å². The van der Waals surface area contributed by atoms with E-state index in [0.29, 0.717) is 13.0 Å². The number of nitrogens with one attached hydrogen (secondary N) is 1. The second-order valence-electron chi connectivity index (χ2n) is 3.31. The van der Waals surface area contributed by atoms with Crippen molar-refractivity contribution in [1.29, 1.82) is 0 Å². The standard InChI is InChI=1S/C9H18N2O2/c1-3-11(2)9(12)6-8-7-10-4-5-13-8/h8,10H,3-7H2,1-2H3. The van der Waals surface area contributed by atoms with Crippen LogP contribution in [0.4, 0.5) is 0 Å². The fraction of sp³-hybridized carbons (Fsp3) is 0.889. The van der Waals surface area contributed by atoms with Gasteiger partial charge >= 0.3 is 0 Å². The highest BCUT2D eigenvalue weighted by atomic mass is 16.5. The highest BCUT2D eigenvalue weighted by Gasteiger charge is 2.18. The largest absolute Gasteiger partial charge is 0.375 e. The van der Waals surface area contributed by atoms with Gasteiger partial charge in [-0.2, -0.15) is 0 Å². The van der Waals surface area contributed by atoms with Crippen molar-refractivity contribution in [3.8, 4) is 0 Å². The molecule has 1 heterocycles. The van der Waals surface area contributed by atoms with Crippen molar-refractivity contribution >= 4 is 5.91 Å². The molecule has 1 fully saturated rings. The van der Waals surface area contributed by atoms with Crippen molar-refractivity contribution in [2.24, 2.45) is 0 Å². The number of hydrogen-bond acceptors (Lipinski definition) is 3. The zero-order valence-electron chi connectivity index (χ0n) is 8.38. The molecule has 0 aromatic carbocycles. The third kappa shape index (κ3) is 3.32. The third-order valence-corrected chi connectivity index (χ3v) is 2.31. The summed E-state index contributed by atoms with van der Waals surface area (Å²) in [5.41, 5.74) is 0. The Morgan fingerprint density at radius 1 is 1.69 bits per heavy atom. The molecule has 1 saturated heterocycles. The Labute approximate surface area is 79.2 Å². The quantitative estimate of drug-likeness (QED) is 0.666. The number of morpholine rings is 1. The summed E-state index contributed by atoms with van der Waals surface area (Å²) in [6, 6.07) is 0. The minimum atomic E-state index is 0.0650. The van der Waals surface area contributed by atoms with Crippen molar-refractivity contribution in [2.75, 3.05) is 33.3 Å². The Balaban J connectivity index is 2.26. The van der Waals surface area contributed by atoms with E-state index in [0.717, 1.165) is 19.6 Å². The fourth-order valence-corrected chi connectivity index (χ4v) is 1.28. The van der Waals surface area contributed by atoms with Gasteiger partial charge in [-0.1, -0.05) is 0 Å². The second-order valence-corrected chi connectivity index (χ2v) is 3.31. The van der Waals surface area contributed by atoms with Crippen LogP contribution in [0, 0.1) is 0 Å². The Morgan fingerprint density at radius 2 is 2.46 bits per heavy atom. The van der Waals surface area contributed by atoms with Gasteiger partial charge in [0, 0.05) is 26.7 Å². The molecule has 0 radical (unpaired) electrons. The van der Waals surface area contributed by atoms with Crippen molar-refractivity contribution in [1.82, 2.24) is 10.2 Å². The SMILES string of the molecule is CCN(C)C(=O)CC1CNCCO1. The first-order valence-electron chi connectivity index (χ1n) is 4.80. The van der Waals surface area contributed by atoms with Crippen LogP contribution in [0.2, 0.25) is 0 Å². The minimum absolute atomic E-state index is 0.0650. The predicted octanol–water partition coefficient (Wildman–Crippen LogP) is -0.157. The monoisotopic (exact) mass is 186 g/mol. The summed E-state index contributed by atoms with van der Waals surface area (Å²) in [6.07, 6.45) is 0.562. The van der Waals surface area contributed by atoms with E-state index in [1.807, 2.05) is 14.0 Å². The molecule has 4 heteroatoms. The van der Waals surface area contributed by atoms with Gasteiger partial charge in [-0.25, -0.2) is 0 Å². The molecule has 1 aliphatic heterocycles. The Morgan fingerprint density at radius 3 is 3.00 bits per heavy atom. The maximum Gasteiger partial charge on any atom is 0.224 e. The minimum Gasteiger partial charge on any atom is -0.375 e. The number of nitrogens with zero attached hydrogens (tertiary/aromatic N) is 1. The summed E-state index contributed by atoms with van der Waals surface area (Å²) in [5, 5.41) is 3.20. The van der Waals surface area contributed by atoms with E-state index in [1.165, 1.54) is 0 Å². The molecule has 1 N–H and O–H groups in total. The highest BCUT2D eigenvalue weighted by Crippen LogP contribution is 2.03. The van der Waals surface area contributed by atoms with E-state index >= 15 is 0 Å². The zero-order chi connectivity index (χ0) is 9.68. The van der Waals surface area contributed by atoms with Crippen molar-refractivity contribution in [3.05, 3.63) is 0 Å². The summed E-state index contributed by atoms with van der Waals surface area (Å²) in [5.74, 6) is 0.163. The van der Waals surface area contributed by atoms with E-state index in [-0.39, 0.29) is 12.0 Å². The summed E-state index contributed by atoms with van der Waals surface area (Å²) in [7, 11) is 1.82. The molecule has 0 aliphatic carbocycles. The molecule has 0 aromatic heterocycles. The van der Waals surface area contributed by atoms with Crippen LogP contribution in [0.25, 0.3) is 0 Å². The van der Waals surface area contributed by atoms with E-state index < -0.39 is 0 Å². The number of ether oxygens (including phenoxy) is 1. The molecule has 1 aliphatic rings. The molecule has 0 aromatic rings. The fourth-order valence-electron chi connectivity index (χ4n) is 1.28. The molecule has 76 valence electrons. The molecular weight excluding hydrogens is 168 g/mol. The zero-order valence-corrected chi connectivity index (χ0v) is 8.38. The van der Waals surface area contributed by atoms with Crippen LogP contribution >= 0.6 is 0 Å². The predicted molar refractivity (Wildman–Crippen MR) is 50.5 cm³/mol. The van der Waals surface area contributed by atoms with E-state index in [2.05, 4.69) is 5.32 Å². The third-order valence-electron chi connectivity index (χ3n) is 2.31. The van der Waals surface area contributed by atoms with Gasteiger partial charge < -0.3 is 15.0 Å². The van der Waals surface area contributed by atoms with Gasteiger partial charge in [0.05, 0.1) is 19.1 Å². The van der Waals surface area contributed by atoms with Crippen molar-refractivity contribution < 1.29 is 9.53 Å². The van der Waals surface area contributed by atoms with Crippen molar-refractivity contribution in [2.45, 2.75) is 19.4 Å². The lowest BCUT2D eigenvalue weighted by Crippen LogP contribution is -2.41. The van der Waals surface area contributed by atoms with Gasteiger partial charge in [0.1, 0.15) is 0 Å². The summed E-state index contributed by atoms with van der Waals surface area (Å²) >= 11 is 0. The van der Waals surface area contributed by atoms with Gasteiger partial charge in [-0.15, -0.1) is 0 Å². The van der Waals surface area contributed by atoms with Gasteiger partial charge in [0.15, 0.2) is 0 Å². The number of hydrogen-bond donors (Lipinski definition) is 1. The maximum atomic E-state index is 11.5. The summed E-state index contributed by atoms with van der Waals surface area (Å²) < 4.78 is 5.43. The molecule has 1 unspecified atom stereocenters. The molecule has 1 rings (SSSR count). The van der Waals surface area contributed by atoms with E-state index in [1.54, 1.807) is 4.90 Å². The topological polar surface area (TPSA) is 41.6 Å². The lowest BCUT2D eigenvalue weighted by Gasteiger charge is -2.25. The molecule has 1 atom stereocenters. The summed E-state index contributed by atoms with van der Waals surface area (Å²) in [6.45, 7) is 5.14. The lowest BCUT2D eigenvalue weighted by molar-refractivity contribution is -0.133. The maximum absolute atomic E-state index is 11.5. The van der Waals surface area contributed by atoms with Crippen LogP contribution in [0.3, 0.4) is 0 Å². The number of carbonyl (C=O) groups excluding carboxylic acids is 1. The normalized spacial score (nSPS) is 22.8. The van der Waals surface area contributed by atoms with Gasteiger partial charge in [0.25, 0.3) is 0 Å².